The van der Waals surface area contributed by atoms with Crippen LogP contribution in [0.2, 0.25) is 0 Å². The Morgan fingerprint density at radius 1 is 1.31 bits per heavy atom. The number of hydrogen-bond acceptors (Lipinski definition) is 3. The third-order valence-corrected chi connectivity index (χ3v) is 5.06. The molecule has 0 aliphatic heterocycles. The van der Waals surface area contributed by atoms with Crippen LogP contribution in [0.25, 0.3) is 0 Å². The Morgan fingerprint density at radius 3 is 2.73 bits per heavy atom. The number of benzene rings is 1. The number of carbonyl (C=O) groups is 1. The summed E-state index contributed by atoms with van der Waals surface area (Å²) >= 11 is 0. The highest BCUT2D eigenvalue weighted by Crippen LogP contribution is 2.43. The summed E-state index contributed by atoms with van der Waals surface area (Å²) in [5.74, 6) is 1.38. The fourth-order valence-electron chi connectivity index (χ4n) is 3.27. The molecule has 2 atom stereocenters. The van der Waals surface area contributed by atoms with Crippen molar-refractivity contribution >= 4 is 36.4 Å². The molecule has 2 fully saturated rings. The van der Waals surface area contributed by atoms with E-state index in [9.17, 15) is 4.79 Å². The molecule has 1 aromatic carbocycles. The number of aryl methyl sites for hydroxylation is 2. The lowest BCUT2D eigenvalue weighted by atomic mass is 10.0. The summed E-state index contributed by atoms with van der Waals surface area (Å²) in [5, 5.41) is 10.7. The SMILES string of the molecule is Cc1ccc(C(=O)Nc2cnn(C)c2)cc1C1CC1NCC1CC1.Cl.Cl. The molecule has 2 aliphatic carbocycles. The number of nitrogens with one attached hydrogen (secondary N) is 2. The maximum Gasteiger partial charge on any atom is 0.255 e. The van der Waals surface area contributed by atoms with Crippen molar-refractivity contribution in [3.63, 3.8) is 0 Å². The average Bonchev–Trinajstić information content (AvgIpc) is 3.46. The van der Waals surface area contributed by atoms with Crippen molar-refractivity contribution in [1.29, 1.82) is 0 Å². The topological polar surface area (TPSA) is 59.0 Å². The van der Waals surface area contributed by atoms with Gasteiger partial charge in [-0.25, -0.2) is 0 Å². The van der Waals surface area contributed by atoms with Gasteiger partial charge in [-0.05, 0) is 61.9 Å². The summed E-state index contributed by atoms with van der Waals surface area (Å²) in [4.78, 5) is 12.5. The number of nitrogens with zero attached hydrogens (tertiary/aromatic N) is 2. The fourth-order valence-corrected chi connectivity index (χ4v) is 3.27. The van der Waals surface area contributed by atoms with E-state index in [4.69, 9.17) is 0 Å². The maximum absolute atomic E-state index is 12.5. The molecule has 7 heteroatoms. The number of anilines is 1. The van der Waals surface area contributed by atoms with E-state index in [0.717, 1.165) is 18.2 Å². The van der Waals surface area contributed by atoms with Gasteiger partial charge in [-0.3, -0.25) is 9.48 Å². The lowest BCUT2D eigenvalue weighted by Crippen LogP contribution is -2.20. The second-order valence-corrected chi connectivity index (χ2v) is 7.23. The summed E-state index contributed by atoms with van der Waals surface area (Å²) < 4.78 is 1.68. The van der Waals surface area contributed by atoms with Gasteiger partial charge in [-0.1, -0.05) is 6.07 Å². The number of amides is 1. The number of hydrogen-bond donors (Lipinski definition) is 2. The van der Waals surface area contributed by atoms with Crippen molar-refractivity contribution in [1.82, 2.24) is 15.1 Å². The Morgan fingerprint density at radius 2 is 2.08 bits per heavy atom. The normalized spacial score (nSPS) is 20.7. The second kappa shape index (κ2) is 8.42. The van der Waals surface area contributed by atoms with Gasteiger partial charge in [-0.15, -0.1) is 24.8 Å². The fraction of sp³-hybridized carbons (Fsp3) is 0.474. The zero-order chi connectivity index (χ0) is 16.7. The summed E-state index contributed by atoms with van der Waals surface area (Å²) in [7, 11) is 1.83. The zero-order valence-corrected chi connectivity index (χ0v) is 16.7. The van der Waals surface area contributed by atoms with Crippen LogP contribution >= 0.6 is 24.8 Å². The van der Waals surface area contributed by atoms with Crippen LogP contribution in [0.5, 0.6) is 0 Å². The first-order chi connectivity index (χ1) is 11.6. The van der Waals surface area contributed by atoms with Crippen LogP contribution in [-0.4, -0.2) is 28.3 Å². The van der Waals surface area contributed by atoms with Gasteiger partial charge in [0.2, 0.25) is 0 Å². The first-order valence-electron chi connectivity index (χ1n) is 8.74. The first kappa shape index (κ1) is 20.7. The Balaban J connectivity index is 0.00000121. The van der Waals surface area contributed by atoms with Crippen LogP contribution in [0.15, 0.2) is 30.6 Å². The highest BCUT2D eigenvalue weighted by atomic mass is 35.5. The number of rotatable bonds is 6. The van der Waals surface area contributed by atoms with E-state index < -0.39 is 0 Å². The molecule has 0 saturated heterocycles. The Bertz CT molecular complexity index is 773. The van der Waals surface area contributed by atoms with Crippen LogP contribution < -0.4 is 10.6 Å². The molecule has 2 N–H and O–H groups in total. The molecule has 2 aliphatic rings. The molecule has 142 valence electrons. The van der Waals surface area contributed by atoms with Gasteiger partial charge in [0.05, 0.1) is 11.9 Å². The van der Waals surface area contributed by atoms with Gasteiger partial charge in [0.15, 0.2) is 0 Å². The number of aromatic nitrogens is 2. The van der Waals surface area contributed by atoms with Crippen molar-refractivity contribution in [2.75, 3.05) is 11.9 Å². The van der Waals surface area contributed by atoms with Crippen molar-refractivity contribution in [3.8, 4) is 0 Å². The molecule has 2 aromatic rings. The lowest BCUT2D eigenvalue weighted by molar-refractivity contribution is 0.102. The Labute approximate surface area is 166 Å². The molecule has 2 saturated carbocycles. The van der Waals surface area contributed by atoms with Crippen molar-refractivity contribution in [2.24, 2.45) is 13.0 Å². The van der Waals surface area contributed by atoms with E-state index in [2.05, 4.69) is 34.8 Å². The molecule has 0 spiro atoms. The maximum atomic E-state index is 12.5. The van der Waals surface area contributed by atoms with E-state index in [1.807, 2.05) is 13.1 Å². The smallest absolute Gasteiger partial charge is 0.255 e. The van der Waals surface area contributed by atoms with Gasteiger partial charge in [0.25, 0.3) is 5.91 Å². The molecule has 0 bridgehead atoms. The van der Waals surface area contributed by atoms with Gasteiger partial charge in [0.1, 0.15) is 0 Å². The van der Waals surface area contributed by atoms with Crippen molar-refractivity contribution in [3.05, 3.63) is 47.3 Å². The summed E-state index contributed by atoms with van der Waals surface area (Å²) in [6.07, 6.45) is 7.40. The van der Waals surface area contributed by atoms with E-state index in [1.54, 1.807) is 17.1 Å². The highest BCUT2D eigenvalue weighted by Gasteiger charge is 2.39. The van der Waals surface area contributed by atoms with E-state index in [0.29, 0.717) is 17.5 Å². The standard InChI is InChI=1S/C19H24N4O.2ClH/c1-12-3-6-14(19(24)22-15-10-21-23(2)11-15)7-16(12)17-8-18(17)20-9-13-4-5-13;;/h3,6-7,10-11,13,17-18,20H,4-5,8-9H2,1-2H3,(H,22,24);2*1H. The van der Waals surface area contributed by atoms with Crippen LogP contribution in [0, 0.1) is 12.8 Å². The van der Waals surface area contributed by atoms with Crippen LogP contribution in [-0.2, 0) is 7.05 Å². The molecular formula is C19H26Cl2N4O. The third kappa shape index (κ3) is 4.78. The molecule has 5 nitrogen and oxygen atoms in total. The molecule has 1 amide bonds. The molecule has 0 radical (unpaired) electrons. The van der Waals surface area contributed by atoms with E-state index in [-0.39, 0.29) is 30.7 Å². The average molecular weight is 397 g/mol. The minimum Gasteiger partial charge on any atom is -0.319 e. The van der Waals surface area contributed by atoms with Crippen molar-refractivity contribution < 1.29 is 4.79 Å². The van der Waals surface area contributed by atoms with Crippen LogP contribution in [0.3, 0.4) is 0 Å². The predicted molar refractivity (Wildman–Crippen MR) is 109 cm³/mol. The molecule has 26 heavy (non-hydrogen) atoms. The van der Waals surface area contributed by atoms with Crippen LogP contribution in [0.1, 0.15) is 46.7 Å². The second-order valence-electron chi connectivity index (χ2n) is 7.23. The summed E-state index contributed by atoms with van der Waals surface area (Å²) in [5.41, 5.74) is 4.02. The quantitative estimate of drug-likeness (QED) is 0.782. The van der Waals surface area contributed by atoms with Gasteiger partial charge >= 0.3 is 0 Å². The monoisotopic (exact) mass is 396 g/mol. The predicted octanol–water partition coefficient (Wildman–Crippen LogP) is 3.68. The lowest BCUT2D eigenvalue weighted by Gasteiger charge is -2.09. The largest absolute Gasteiger partial charge is 0.319 e. The van der Waals surface area contributed by atoms with Crippen molar-refractivity contribution in [2.45, 2.75) is 38.1 Å². The van der Waals surface area contributed by atoms with E-state index >= 15 is 0 Å². The minimum absolute atomic E-state index is 0. The van der Waals surface area contributed by atoms with Gasteiger partial charge < -0.3 is 10.6 Å². The molecular weight excluding hydrogens is 371 g/mol. The number of halogens is 2. The van der Waals surface area contributed by atoms with Crippen LogP contribution in [0.4, 0.5) is 5.69 Å². The summed E-state index contributed by atoms with van der Waals surface area (Å²) in [6, 6.07) is 6.61. The number of carbonyl (C=O) groups excluding carboxylic acids is 1. The minimum atomic E-state index is -0.0765. The zero-order valence-electron chi connectivity index (χ0n) is 15.1. The highest BCUT2D eigenvalue weighted by molar-refractivity contribution is 6.04. The molecule has 4 rings (SSSR count). The third-order valence-electron chi connectivity index (χ3n) is 5.06. The Kier molecular flexibility index (Phi) is 6.72. The van der Waals surface area contributed by atoms with Gasteiger partial charge in [0, 0.05) is 30.8 Å². The van der Waals surface area contributed by atoms with Gasteiger partial charge in [-0.2, -0.15) is 5.10 Å². The molecule has 1 aromatic heterocycles. The summed E-state index contributed by atoms with van der Waals surface area (Å²) in [6.45, 7) is 3.29. The van der Waals surface area contributed by atoms with E-state index in [1.165, 1.54) is 30.4 Å². The molecule has 2 unspecified atom stereocenters. The molecule has 1 heterocycles. The Hall–Kier alpha value is -1.56. The first-order valence-corrected chi connectivity index (χ1v) is 8.74.